The topological polar surface area (TPSA) is 318 Å². The summed E-state index contributed by atoms with van der Waals surface area (Å²) in [4.78, 5) is 86.1. The number of carbonyl (C=O) groups is 7. The minimum Gasteiger partial charge on any atom is -0.508 e. The molecule has 0 radical (unpaired) electrons. The third-order valence-electron chi connectivity index (χ3n) is 6.18. The van der Waals surface area contributed by atoms with E-state index in [1.807, 2.05) is 0 Å². The molecule has 0 heterocycles. The Labute approximate surface area is 252 Å². The first-order chi connectivity index (χ1) is 20.5. The first kappa shape index (κ1) is 37.2. The smallest absolute Gasteiger partial charge is 0.245 e. The number of phenolic OH excluding ortho intramolecular Hbond substituents is 1. The van der Waals surface area contributed by atoms with Crippen LogP contribution in [0.15, 0.2) is 24.3 Å². The van der Waals surface area contributed by atoms with Gasteiger partial charge in [0.2, 0.25) is 41.4 Å². The molecule has 7 atom stereocenters. The Hall–Kier alpha value is -4.81. The maximum Gasteiger partial charge on any atom is 0.245 e. The quantitative estimate of drug-likeness (QED) is 0.0776. The molecular weight excluding hydrogens is 584 g/mol. The van der Waals surface area contributed by atoms with E-state index in [9.17, 15) is 43.8 Å². The summed E-state index contributed by atoms with van der Waals surface area (Å²) in [6.07, 6.45) is -2.07. The van der Waals surface area contributed by atoms with Crippen LogP contribution in [0.4, 0.5) is 0 Å². The summed E-state index contributed by atoms with van der Waals surface area (Å²) in [6.45, 7) is 2.82. The standard InChI is InChI=1S/C26H40N8O10/c1-11(30-24(42)16(27)8-14-4-6-15(37)7-5-14)22(40)32-17(9-19(28)38)25(43)31-12(2)23(41)34-20(13(3)36)26(44)33-18(10-35)21(29)39/h4-7,11-13,16-18,20,35-37H,8-10,27H2,1-3H3,(H2,28,38)(H2,29,39)(H,30,42)(H,31,43)(H,32,40)(H,33,44)(H,34,41)/t11-,12-,13+,16-,17-,18-,20-/m0/s1. The Bertz CT molecular complexity index is 1210. The highest BCUT2D eigenvalue weighted by Gasteiger charge is 2.32. The number of nitrogens with two attached hydrogens (primary N) is 3. The zero-order valence-corrected chi connectivity index (χ0v) is 24.4. The van der Waals surface area contributed by atoms with Crippen LogP contribution in [0.2, 0.25) is 0 Å². The molecule has 0 saturated heterocycles. The van der Waals surface area contributed by atoms with Crippen molar-refractivity contribution in [2.45, 2.75) is 76.0 Å². The van der Waals surface area contributed by atoms with Crippen LogP contribution >= 0.6 is 0 Å². The normalized spacial score (nSPS) is 15.6. The molecule has 14 N–H and O–H groups in total. The van der Waals surface area contributed by atoms with Gasteiger partial charge in [0.1, 0.15) is 36.0 Å². The van der Waals surface area contributed by atoms with Gasteiger partial charge in [-0.25, -0.2) is 0 Å². The highest BCUT2D eigenvalue weighted by Crippen LogP contribution is 2.11. The van der Waals surface area contributed by atoms with E-state index >= 15 is 0 Å². The van der Waals surface area contributed by atoms with Gasteiger partial charge in [0.05, 0.1) is 25.2 Å². The van der Waals surface area contributed by atoms with Crippen LogP contribution in [-0.2, 0) is 40.0 Å². The van der Waals surface area contributed by atoms with Gasteiger partial charge in [-0.05, 0) is 44.9 Å². The van der Waals surface area contributed by atoms with Gasteiger partial charge in [0.25, 0.3) is 0 Å². The number of amides is 7. The van der Waals surface area contributed by atoms with Crippen LogP contribution in [0.3, 0.4) is 0 Å². The Balaban J connectivity index is 2.83. The molecule has 18 heteroatoms. The first-order valence-electron chi connectivity index (χ1n) is 13.4. The number of aromatic hydroxyl groups is 1. The van der Waals surface area contributed by atoms with Crippen molar-refractivity contribution in [1.29, 1.82) is 0 Å². The largest absolute Gasteiger partial charge is 0.508 e. The van der Waals surface area contributed by atoms with Gasteiger partial charge >= 0.3 is 0 Å². The number of primary amides is 2. The van der Waals surface area contributed by atoms with Crippen molar-refractivity contribution in [1.82, 2.24) is 26.6 Å². The van der Waals surface area contributed by atoms with E-state index in [0.29, 0.717) is 5.56 Å². The predicted molar refractivity (Wildman–Crippen MR) is 153 cm³/mol. The number of hydrogen-bond acceptors (Lipinski definition) is 11. The Kier molecular flexibility index (Phi) is 14.7. The molecule has 0 aliphatic heterocycles. The van der Waals surface area contributed by atoms with E-state index in [1.165, 1.54) is 26.0 Å². The molecule has 244 valence electrons. The number of aliphatic hydroxyl groups excluding tert-OH is 2. The highest BCUT2D eigenvalue weighted by molar-refractivity contribution is 5.97. The van der Waals surface area contributed by atoms with Crippen LogP contribution in [0.5, 0.6) is 5.75 Å². The molecule has 0 fully saturated rings. The molecule has 0 aliphatic carbocycles. The van der Waals surface area contributed by atoms with E-state index in [1.54, 1.807) is 12.1 Å². The summed E-state index contributed by atoms with van der Waals surface area (Å²) >= 11 is 0. The molecule has 44 heavy (non-hydrogen) atoms. The summed E-state index contributed by atoms with van der Waals surface area (Å²) < 4.78 is 0. The second-order valence-corrected chi connectivity index (χ2v) is 10.0. The average Bonchev–Trinajstić information content (AvgIpc) is 2.94. The first-order valence-corrected chi connectivity index (χ1v) is 13.4. The summed E-state index contributed by atoms with van der Waals surface area (Å²) in [5, 5.41) is 39.6. The fourth-order valence-electron chi connectivity index (χ4n) is 3.60. The van der Waals surface area contributed by atoms with Crippen LogP contribution in [0, 0.1) is 0 Å². The van der Waals surface area contributed by atoms with Gasteiger partial charge in [-0.3, -0.25) is 33.6 Å². The van der Waals surface area contributed by atoms with Crippen molar-refractivity contribution < 1.29 is 48.9 Å². The number of nitrogens with one attached hydrogen (secondary N) is 5. The van der Waals surface area contributed by atoms with Gasteiger partial charge in [0.15, 0.2) is 0 Å². The van der Waals surface area contributed by atoms with Crippen molar-refractivity contribution in [2.75, 3.05) is 6.61 Å². The Morgan fingerprint density at radius 1 is 0.727 bits per heavy atom. The summed E-state index contributed by atoms with van der Waals surface area (Å²) in [5.74, 6) is -6.64. The minimum absolute atomic E-state index is 0.0343. The predicted octanol–water partition coefficient (Wildman–Crippen LogP) is -5.54. The highest BCUT2D eigenvalue weighted by atomic mass is 16.3. The molecule has 1 aromatic rings. The number of rotatable bonds is 17. The number of hydrogen-bond donors (Lipinski definition) is 11. The Morgan fingerprint density at radius 2 is 1.23 bits per heavy atom. The van der Waals surface area contributed by atoms with Crippen molar-refractivity contribution in [3.8, 4) is 5.75 Å². The molecule has 18 nitrogen and oxygen atoms in total. The molecule has 1 aromatic carbocycles. The molecule has 7 amide bonds. The van der Waals surface area contributed by atoms with Crippen molar-refractivity contribution >= 4 is 41.4 Å². The average molecular weight is 625 g/mol. The Morgan fingerprint density at radius 3 is 1.70 bits per heavy atom. The molecule has 0 unspecified atom stereocenters. The number of aliphatic hydroxyl groups is 2. The van der Waals surface area contributed by atoms with E-state index < -0.39 is 96.7 Å². The molecule has 0 bridgehead atoms. The molecular formula is C26H40N8O10. The second kappa shape index (κ2) is 17.3. The zero-order chi connectivity index (χ0) is 33.7. The third-order valence-corrected chi connectivity index (χ3v) is 6.18. The fraction of sp³-hybridized carbons (Fsp3) is 0.500. The molecule has 0 saturated carbocycles. The summed E-state index contributed by atoms with van der Waals surface area (Å²) in [6, 6.07) is -2.35. The lowest BCUT2D eigenvalue weighted by molar-refractivity contribution is -0.136. The van der Waals surface area contributed by atoms with Crippen molar-refractivity contribution in [3.05, 3.63) is 29.8 Å². The van der Waals surface area contributed by atoms with E-state index in [-0.39, 0.29) is 12.2 Å². The maximum atomic E-state index is 12.9. The van der Waals surface area contributed by atoms with Crippen molar-refractivity contribution in [2.24, 2.45) is 17.2 Å². The fourth-order valence-corrected chi connectivity index (χ4v) is 3.60. The summed E-state index contributed by atoms with van der Waals surface area (Å²) in [5.41, 5.74) is 16.8. The molecule has 1 rings (SSSR count). The van der Waals surface area contributed by atoms with Gasteiger partial charge in [-0.1, -0.05) is 12.1 Å². The maximum absolute atomic E-state index is 12.9. The number of benzene rings is 1. The number of phenols is 1. The van der Waals surface area contributed by atoms with Crippen LogP contribution in [-0.4, -0.2) is 106 Å². The second-order valence-electron chi connectivity index (χ2n) is 10.0. The third kappa shape index (κ3) is 12.2. The lowest BCUT2D eigenvalue weighted by Gasteiger charge is -2.26. The van der Waals surface area contributed by atoms with E-state index in [2.05, 4.69) is 26.6 Å². The van der Waals surface area contributed by atoms with Crippen LogP contribution in [0.25, 0.3) is 0 Å². The lowest BCUT2D eigenvalue weighted by atomic mass is 10.1. The summed E-state index contributed by atoms with van der Waals surface area (Å²) in [7, 11) is 0. The lowest BCUT2D eigenvalue weighted by Crippen LogP contribution is -2.61. The van der Waals surface area contributed by atoms with E-state index in [0.717, 1.165) is 6.92 Å². The van der Waals surface area contributed by atoms with E-state index in [4.69, 9.17) is 22.3 Å². The molecule has 0 spiro atoms. The van der Waals surface area contributed by atoms with Crippen LogP contribution in [0.1, 0.15) is 32.8 Å². The molecule has 0 aromatic heterocycles. The number of carbonyl (C=O) groups excluding carboxylic acids is 7. The zero-order valence-electron chi connectivity index (χ0n) is 24.4. The van der Waals surface area contributed by atoms with Crippen LogP contribution < -0.4 is 43.8 Å². The van der Waals surface area contributed by atoms with Gasteiger partial charge in [0, 0.05) is 0 Å². The van der Waals surface area contributed by atoms with Gasteiger partial charge < -0.3 is 59.1 Å². The van der Waals surface area contributed by atoms with Gasteiger partial charge in [-0.15, -0.1) is 0 Å². The monoisotopic (exact) mass is 624 g/mol. The van der Waals surface area contributed by atoms with Crippen molar-refractivity contribution in [3.63, 3.8) is 0 Å². The minimum atomic E-state index is -1.62. The van der Waals surface area contributed by atoms with Gasteiger partial charge in [-0.2, -0.15) is 0 Å². The SMILES string of the molecule is C[C@H](NC(=O)[C@H](CC(N)=O)NC(=O)[C@H](C)NC(=O)[C@@H](N)Cc1ccc(O)cc1)C(=O)N[C@H](C(=O)N[C@@H](CO)C(N)=O)[C@@H](C)O. The molecule has 0 aliphatic rings.